The van der Waals surface area contributed by atoms with E-state index in [1.807, 2.05) is 6.92 Å². The molecule has 0 radical (unpaired) electrons. The molecule has 1 amide bonds. The molecule has 1 aromatic rings. The number of thioether (sulfide) groups is 1. The van der Waals surface area contributed by atoms with Crippen molar-refractivity contribution >= 4 is 28.5 Å². The number of carbonyl (C=O) groups excluding carboxylic acids is 1. The third-order valence-electron chi connectivity index (χ3n) is 1.08. The number of nitrogens with one attached hydrogen (secondary N) is 1. The van der Waals surface area contributed by atoms with Crippen molar-refractivity contribution in [1.29, 1.82) is 0 Å². The van der Waals surface area contributed by atoms with Gasteiger partial charge in [-0.05, 0) is 18.5 Å². The predicted octanol–water partition coefficient (Wildman–Crippen LogP) is 1.83. The molecule has 0 aliphatic carbocycles. The van der Waals surface area contributed by atoms with Crippen molar-refractivity contribution in [3.05, 3.63) is 17.7 Å². The second-order valence-corrected chi connectivity index (χ2v) is 4.05. The Morgan fingerprint density at radius 2 is 2.62 bits per heavy atom. The highest BCUT2D eigenvalue weighted by molar-refractivity contribution is 8.13. The average Bonchev–Trinajstić information content (AvgIpc) is 2.48. The van der Waals surface area contributed by atoms with E-state index in [4.69, 9.17) is 0 Å². The minimum absolute atomic E-state index is 0.155. The first kappa shape index (κ1) is 10.2. The molecule has 0 bridgehead atoms. The zero-order valence-corrected chi connectivity index (χ0v) is 8.74. The van der Waals surface area contributed by atoms with Crippen molar-refractivity contribution in [2.75, 3.05) is 6.54 Å². The molecule has 1 N–H and O–H groups in total. The summed E-state index contributed by atoms with van der Waals surface area (Å²) in [5.41, 5.74) is 0. The van der Waals surface area contributed by atoms with E-state index in [9.17, 15) is 4.79 Å². The molecule has 0 atom stereocenters. The molecular weight excluding hydrogens is 206 g/mol. The number of amides is 1. The van der Waals surface area contributed by atoms with Crippen LogP contribution in [0.25, 0.3) is 0 Å². The summed E-state index contributed by atoms with van der Waals surface area (Å²) in [4.78, 5) is 15.2. The maximum absolute atomic E-state index is 11.1. The lowest BCUT2D eigenvalue weighted by molar-refractivity contribution is 0.261. The maximum atomic E-state index is 11.1. The molecule has 0 saturated heterocycles. The van der Waals surface area contributed by atoms with Gasteiger partial charge in [-0.2, -0.15) is 4.37 Å². The highest BCUT2D eigenvalue weighted by Gasteiger charge is 2.07. The van der Waals surface area contributed by atoms with Crippen LogP contribution in [0.15, 0.2) is 17.8 Å². The lowest BCUT2D eigenvalue weighted by Crippen LogP contribution is -2.18. The van der Waals surface area contributed by atoms with Gasteiger partial charge >= 0.3 is 0 Å². The van der Waals surface area contributed by atoms with Gasteiger partial charge in [0.25, 0.3) is 5.24 Å². The number of nitrogens with zero attached hydrogens (tertiary/aromatic N) is 2. The normalized spacial score (nSPS) is 9.62. The van der Waals surface area contributed by atoms with Gasteiger partial charge < -0.3 is 5.32 Å². The fourth-order valence-electron chi connectivity index (χ4n) is 0.597. The van der Waals surface area contributed by atoms with Crippen LogP contribution in [0.1, 0.15) is 5.01 Å². The number of aryl methyl sites for hydroxylation is 1. The number of carbonyl (C=O) groups is 1. The molecule has 0 aliphatic rings. The Morgan fingerprint density at radius 1 is 1.85 bits per heavy atom. The molecule has 0 aromatic carbocycles. The first-order valence-electron chi connectivity index (χ1n) is 3.59. The van der Waals surface area contributed by atoms with Gasteiger partial charge in [0, 0.05) is 18.3 Å². The van der Waals surface area contributed by atoms with E-state index >= 15 is 0 Å². The number of aromatic nitrogens is 2. The minimum atomic E-state index is -0.155. The summed E-state index contributed by atoms with van der Waals surface area (Å²) in [7, 11) is 0. The average molecular weight is 215 g/mol. The molecule has 0 saturated carbocycles. The SMILES string of the molecule is C=CCNC(=O)Sc1nsc(C)n1. The summed E-state index contributed by atoms with van der Waals surface area (Å²) < 4.78 is 3.97. The largest absolute Gasteiger partial charge is 0.343 e. The van der Waals surface area contributed by atoms with Crippen LogP contribution in [0.5, 0.6) is 0 Å². The van der Waals surface area contributed by atoms with Gasteiger partial charge in [0.1, 0.15) is 5.01 Å². The molecule has 0 aliphatic heterocycles. The van der Waals surface area contributed by atoms with E-state index in [1.165, 1.54) is 11.5 Å². The van der Waals surface area contributed by atoms with Gasteiger partial charge in [0.05, 0.1) is 0 Å². The predicted molar refractivity (Wildman–Crippen MR) is 54.1 cm³/mol. The molecule has 6 heteroatoms. The Kier molecular flexibility index (Phi) is 3.91. The standard InChI is InChI=1S/C7H9N3OS2/c1-3-4-8-7(11)12-6-9-5(2)13-10-6/h3H,1,4H2,2H3,(H,8,11). The van der Waals surface area contributed by atoms with Gasteiger partial charge in [-0.3, -0.25) is 4.79 Å². The highest BCUT2D eigenvalue weighted by Crippen LogP contribution is 2.16. The third kappa shape index (κ3) is 3.56. The first-order chi connectivity index (χ1) is 6.22. The zero-order valence-electron chi connectivity index (χ0n) is 7.11. The van der Waals surface area contributed by atoms with E-state index in [2.05, 4.69) is 21.3 Å². The van der Waals surface area contributed by atoms with Crippen LogP contribution in [-0.2, 0) is 0 Å². The molecule has 13 heavy (non-hydrogen) atoms. The van der Waals surface area contributed by atoms with Crippen LogP contribution in [0.4, 0.5) is 4.79 Å². The fraction of sp³-hybridized carbons (Fsp3) is 0.286. The van der Waals surface area contributed by atoms with Crippen LogP contribution >= 0.6 is 23.3 Å². The smallest absolute Gasteiger partial charge is 0.287 e. The molecule has 70 valence electrons. The van der Waals surface area contributed by atoms with E-state index in [0.717, 1.165) is 16.8 Å². The fourth-order valence-corrected chi connectivity index (χ4v) is 1.80. The molecular formula is C7H9N3OS2. The summed E-state index contributed by atoms with van der Waals surface area (Å²) in [6, 6.07) is 0. The summed E-state index contributed by atoms with van der Waals surface area (Å²) in [5, 5.41) is 3.83. The lowest BCUT2D eigenvalue weighted by atomic mass is 10.6. The van der Waals surface area contributed by atoms with Crippen molar-refractivity contribution in [3.63, 3.8) is 0 Å². The van der Waals surface area contributed by atoms with Crippen LogP contribution in [0.2, 0.25) is 0 Å². The van der Waals surface area contributed by atoms with Crippen LogP contribution in [0, 0.1) is 6.92 Å². The van der Waals surface area contributed by atoms with Gasteiger partial charge in [-0.15, -0.1) is 6.58 Å². The molecule has 0 spiro atoms. The Labute approximate surface area is 84.6 Å². The van der Waals surface area contributed by atoms with Gasteiger partial charge in [0.2, 0.25) is 5.16 Å². The zero-order chi connectivity index (χ0) is 9.68. The highest BCUT2D eigenvalue weighted by atomic mass is 32.2. The van der Waals surface area contributed by atoms with E-state index in [-0.39, 0.29) is 5.24 Å². The van der Waals surface area contributed by atoms with Crippen LogP contribution in [-0.4, -0.2) is 21.1 Å². The Bertz CT molecular complexity index is 310. The van der Waals surface area contributed by atoms with Crippen molar-refractivity contribution in [2.24, 2.45) is 0 Å². The summed E-state index contributed by atoms with van der Waals surface area (Å²) in [6.07, 6.45) is 1.62. The van der Waals surface area contributed by atoms with Crippen molar-refractivity contribution in [3.8, 4) is 0 Å². The topological polar surface area (TPSA) is 54.9 Å². The molecule has 1 aromatic heterocycles. The maximum Gasteiger partial charge on any atom is 0.287 e. The Hall–Kier alpha value is -0.880. The lowest BCUT2D eigenvalue weighted by Gasteiger charge is -1.96. The van der Waals surface area contributed by atoms with Crippen molar-refractivity contribution < 1.29 is 4.79 Å². The number of hydrogen-bond donors (Lipinski definition) is 1. The van der Waals surface area contributed by atoms with Crippen molar-refractivity contribution in [1.82, 2.24) is 14.7 Å². The molecule has 4 nitrogen and oxygen atoms in total. The molecule has 0 fully saturated rings. The minimum Gasteiger partial charge on any atom is -0.343 e. The van der Waals surface area contributed by atoms with E-state index < -0.39 is 0 Å². The quantitative estimate of drug-likeness (QED) is 0.617. The summed E-state index contributed by atoms with van der Waals surface area (Å²) in [5.74, 6) is 0. The second kappa shape index (κ2) is 4.98. The monoisotopic (exact) mass is 215 g/mol. The third-order valence-corrected chi connectivity index (χ3v) is 2.51. The number of rotatable bonds is 3. The molecule has 1 heterocycles. The van der Waals surface area contributed by atoms with Gasteiger partial charge in [0.15, 0.2) is 0 Å². The first-order valence-corrected chi connectivity index (χ1v) is 5.18. The van der Waals surface area contributed by atoms with E-state index in [0.29, 0.717) is 11.7 Å². The van der Waals surface area contributed by atoms with Crippen LogP contribution in [0.3, 0.4) is 0 Å². The molecule has 1 rings (SSSR count). The summed E-state index contributed by atoms with van der Waals surface area (Å²) >= 11 is 2.28. The Morgan fingerprint density at radius 3 is 3.15 bits per heavy atom. The molecule has 0 unspecified atom stereocenters. The van der Waals surface area contributed by atoms with Gasteiger partial charge in [-0.1, -0.05) is 6.08 Å². The van der Waals surface area contributed by atoms with Gasteiger partial charge in [-0.25, -0.2) is 4.98 Å². The Balaban J connectivity index is 2.40. The second-order valence-electron chi connectivity index (χ2n) is 2.16. The van der Waals surface area contributed by atoms with Crippen molar-refractivity contribution in [2.45, 2.75) is 12.1 Å². The summed E-state index contributed by atoms with van der Waals surface area (Å²) in [6.45, 7) is 5.81. The van der Waals surface area contributed by atoms with E-state index in [1.54, 1.807) is 6.08 Å². The van der Waals surface area contributed by atoms with Crippen LogP contribution < -0.4 is 5.32 Å². The number of hydrogen-bond acceptors (Lipinski definition) is 5.